The maximum Gasteiger partial charge on any atom is 0.237 e. The lowest BCUT2D eigenvalue weighted by Gasteiger charge is -2.25. The molecule has 0 radical (unpaired) electrons. The van der Waals surface area contributed by atoms with Crippen LogP contribution in [-0.2, 0) is 9.53 Å². The number of carbonyl (C=O) groups is 1. The van der Waals surface area contributed by atoms with Crippen molar-refractivity contribution in [3.8, 4) is 0 Å². The van der Waals surface area contributed by atoms with Crippen molar-refractivity contribution in [1.82, 2.24) is 5.32 Å². The molecule has 110 valence electrons. The molecule has 2 aliphatic carbocycles. The van der Waals surface area contributed by atoms with Crippen molar-refractivity contribution in [2.24, 2.45) is 11.7 Å². The molecule has 2 fully saturated rings. The molecule has 2 saturated carbocycles. The minimum atomic E-state index is -0.329. The smallest absolute Gasteiger partial charge is 0.237 e. The third kappa shape index (κ3) is 4.46. The van der Waals surface area contributed by atoms with Gasteiger partial charge >= 0.3 is 0 Å². The van der Waals surface area contributed by atoms with Gasteiger partial charge in [0, 0.05) is 13.2 Å². The minimum absolute atomic E-state index is 0.0346. The highest BCUT2D eigenvalue weighted by atomic mass is 16.5. The predicted octanol–water partition coefficient (Wildman–Crippen LogP) is 1.97. The average molecular weight is 268 g/mol. The van der Waals surface area contributed by atoms with Gasteiger partial charge in [-0.15, -0.1) is 0 Å². The van der Waals surface area contributed by atoms with Gasteiger partial charge in [0.25, 0.3) is 0 Å². The van der Waals surface area contributed by atoms with Crippen LogP contribution in [0.1, 0.15) is 57.8 Å². The summed E-state index contributed by atoms with van der Waals surface area (Å²) in [5.74, 6) is 0.692. The second kappa shape index (κ2) is 7.25. The first kappa shape index (κ1) is 14.8. The van der Waals surface area contributed by atoms with E-state index in [0.717, 1.165) is 25.7 Å². The number of nitrogens with one attached hydrogen (secondary N) is 1. The summed E-state index contributed by atoms with van der Waals surface area (Å²) in [4.78, 5) is 12.1. The van der Waals surface area contributed by atoms with E-state index in [2.05, 4.69) is 5.32 Å². The Labute approximate surface area is 116 Å². The van der Waals surface area contributed by atoms with Gasteiger partial charge in [0.1, 0.15) is 0 Å². The third-order valence-electron chi connectivity index (χ3n) is 4.71. The van der Waals surface area contributed by atoms with Gasteiger partial charge in [-0.1, -0.05) is 32.1 Å². The molecule has 19 heavy (non-hydrogen) atoms. The van der Waals surface area contributed by atoms with E-state index in [1.807, 2.05) is 0 Å². The van der Waals surface area contributed by atoms with E-state index in [0.29, 0.717) is 12.0 Å². The van der Waals surface area contributed by atoms with Crippen LogP contribution in [0.2, 0.25) is 0 Å². The zero-order valence-corrected chi connectivity index (χ0v) is 12.1. The molecule has 0 aromatic heterocycles. The zero-order chi connectivity index (χ0) is 13.7. The van der Waals surface area contributed by atoms with E-state index >= 15 is 0 Å². The highest BCUT2D eigenvalue weighted by molar-refractivity contribution is 5.81. The molecule has 0 aromatic carbocycles. The maximum atomic E-state index is 12.1. The SMILES string of the molecule is COC1CCC(NC(=O)C(N)CC2CCCCC2)C1. The van der Waals surface area contributed by atoms with Crippen LogP contribution in [0.25, 0.3) is 0 Å². The van der Waals surface area contributed by atoms with Crippen molar-refractivity contribution in [1.29, 1.82) is 0 Å². The Morgan fingerprint density at radius 2 is 2.00 bits per heavy atom. The van der Waals surface area contributed by atoms with Crippen LogP contribution < -0.4 is 11.1 Å². The quantitative estimate of drug-likeness (QED) is 0.801. The summed E-state index contributed by atoms with van der Waals surface area (Å²) in [5, 5.41) is 3.09. The number of nitrogens with two attached hydrogens (primary N) is 1. The number of carbonyl (C=O) groups excluding carboxylic acids is 1. The topological polar surface area (TPSA) is 64.3 Å². The van der Waals surface area contributed by atoms with Crippen LogP contribution in [0.5, 0.6) is 0 Å². The fourth-order valence-corrected chi connectivity index (χ4v) is 3.48. The normalized spacial score (nSPS) is 30.2. The van der Waals surface area contributed by atoms with Crippen molar-refractivity contribution in [3.05, 3.63) is 0 Å². The molecule has 4 heteroatoms. The van der Waals surface area contributed by atoms with Crippen molar-refractivity contribution in [2.45, 2.75) is 76.0 Å². The third-order valence-corrected chi connectivity index (χ3v) is 4.71. The zero-order valence-electron chi connectivity index (χ0n) is 12.1. The van der Waals surface area contributed by atoms with E-state index in [9.17, 15) is 4.79 Å². The van der Waals surface area contributed by atoms with Gasteiger partial charge in [0.05, 0.1) is 12.1 Å². The molecule has 4 nitrogen and oxygen atoms in total. The summed E-state index contributed by atoms with van der Waals surface area (Å²) in [7, 11) is 1.74. The van der Waals surface area contributed by atoms with Gasteiger partial charge in [-0.3, -0.25) is 4.79 Å². The van der Waals surface area contributed by atoms with Gasteiger partial charge in [-0.25, -0.2) is 0 Å². The number of ether oxygens (including phenoxy) is 1. The molecule has 1 amide bonds. The van der Waals surface area contributed by atoms with Crippen LogP contribution in [0.15, 0.2) is 0 Å². The maximum absolute atomic E-state index is 12.1. The number of hydrogen-bond acceptors (Lipinski definition) is 3. The van der Waals surface area contributed by atoms with Crippen molar-refractivity contribution < 1.29 is 9.53 Å². The molecule has 0 bridgehead atoms. The molecule has 3 atom stereocenters. The average Bonchev–Trinajstić information content (AvgIpc) is 2.87. The summed E-state index contributed by atoms with van der Waals surface area (Å²) in [6, 6.07) is -0.0699. The van der Waals surface area contributed by atoms with Gasteiger partial charge in [0.2, 0.25) is 5.91 Å². The second-order valence-electron chi connectivity index (χ2n) is 6.22. The van der Waals surface area contributed by atoms with E-state index < -0.39 is 0 Å². The minimum Gasteiger partial charge on any atom is -0.381 e. The first-order chi connectivity index (χ1) is 9.19. The molecule has 2 aliphatic rings. The van der Waals surface area contributed by atoms with Gasteiger partial charge < -0.3 is 15.8 Å². The molecule has 0 heterocycles. The summed E-state index contributed by atoms with van der Waals surface area (Å²) in [6.07, 6.45) is 10.6. The Hall–Kier alpha value is -0.610. The summed E-state index contributed by atoms with van der Waals surface area (Å²) in [6.45, 7) is 0. The second-order valence-corrected chi connectivity index (χ2v) is 6.22. The monoisotopic (exact) mass is 268 g/mol. The first-order valence-corrected chi connectivity index (χ1v) is 7.77. The highest BCUT2D eigenvalue weighted by Gasteiger charge is 2.28. The van der Waals surface area contributed by atoms with E-state index in [-0.39, 0.29) is 18.0 Å². The molecule has 0 spiro atoms. The molecule has 0 aliphatic heterocycles. The van der Waals surface area contributed by atoms with E-state index in [4.69, 9.17) is 10.5 Å². The lowest BCUT2D eigenvalue weighted by molar-refractivity contribution is -0.123. The van der Waals surface area contributed by atoms with Crippen molar-refractivity contribution in [2.75, 3.05) is 7.11 Å². The summed E-state index contributed by atoms with van der Waals surface area (Å²) in [5.41, 5.74) is 6.05. The standard InChI is InChI=1S/C15H28N2O2/c1-19-13-8-7-12(10-13)17-15(18)14(16)9-11-5-3-2-4-6-11/h11-14H,2-10,16H2,1H3,(H,17,18). The van der Waals surface area contributed by atoms with Gasteiger partial charge in [-0.05, 0) is 31.6 Å². The van der Waals surface area contributed by atoms with Crippen LogP contribution in [0.3, 0.4) is 0 Å². The first-order valence-electron chi connectivity index (χ1n) is 7.77. The van der Waals surface area contributed by atoms with E-state index in [1.54, 1.807) is 7.11 Å². The molecular formula is C15H28N2O2. The summed E-state index contributed by atoms with van der Waals surface area (Å²) < 4.78 is 5.32. The van der Waals surface area contributed by atoms with Gasteiger partial charge in [0.15, 0.2) is 0 Å². The molecule has 0 saturated heterocycles. The largest absolute Gasteiger partial charge is 0.381 e. The van der Waals surface area contributed by atoms with E-state index in [1.165, 1.54) is 32.1 Å². The Morgan fingerprint density at radius 1 is 1.26 bits per heavy atom. The number of methoxy groups -OCH3 is 1. The lowest BCUT2D eigenvalue weighted by Crippen LogP contribution is -2.45. The van der Waals surface area contributed by atoms with Crippen molar-refractivity contribution >= 4 is 5.91 Å². The lowest BCUT2D eigenvalue weighted by atomic mass is 9.85. The van der Waals surface area contributed by atoms with Gasteiger partial charge in [-0.2, -0.15) is 0 Å². The van der Waals surface area contributed by atoms with Crippen LogP contribution in [0.4, 0.5) is 0 Å². The molecule has 3 N–H and O–H groups in total. The van der Waals surface area contributed by atoms with Crippen LogP contribution in [-0.4, -0.2) is 31.2 Å². The Morgan fingerprint density at radius 3 is 2.63 bits per heavy atom. The van der Waals surface area contributed by atoms with Crippen molar-refractivity contribution in [3.63, 3.8) is 0 Å². The molecule has 3 unspecified atom stereocenters. The predicted molar refractivity (Wildman–Crippen MR) is 75.7 cm³/mol. The fraction of sp³-hybridized carbons (Fsp3) is 0.933. The Kier molecular flexibility index (Phi) is 5.64. The number of amides is 1. The van der Waals surface area contributed by atoms with Crippen LogP contribution in [0, 0.1) is 5.92 Å². The van der Waals surface area contributed by atoms with Crippen LogP contribution >= 0.6 is 0 Å². The highest BCUT2D eigenvalue weighted by Crippen LogP contribution is 2.27. The number of rotatable bonds is 5. The summed E-state index contributed by atoms with van der Waals surface area (Å²) >= 11 is 0. The molecular weight excluding hydrogens is 240 g/mol. The Bertz CT molecular complexity index is 290. The molecule has 0 aromatic rings. The Balaban J connectivity index is 1.70. The number of hydrogen-bond donors (Lipinski definition) is 2. The molecule has 2 rings (SSSR count). The fourth-order valence-electron chi connectivity index (χ4n) is 3.48.